The number of hydrogen-bond acceptors (Lipinski definition) is 27. The minimum Gasteiger partial charge on any atom is -0.303 e. The molecule has 0 aliphatic heterocycles. The van der Waals surface area contributed by atoms with Gasteiger partial charge in [-0.25, -0.2) is 18.3 Å². The normalized spacial score (nSPS) is 29.3. The van der Waals surface area contributed by atoms with Crippen LogP contribution in [0.1, 0.15) is 13.8 Å². The topological polar surface area (TPSA) is 600 Å². The molecule has 0 aromatic heterocycles. The number of methoxy groups -OCH3 is 2. The fourth-order valence-electron chi connectivity index (χ4n) is 7.36. The third kappa shape index (κ3) is 30.4. The van der Waals surface area contributed by atoms with E-state index < -0.39 is 201 Å². The van der Waals surface area contributed by atoms with E-state index in [9.17, 15) is 110 Å². The van der Waals surface area contributed by atoms with Crippen LogP contribution in [0.5, 0.6) is 0 Å². The summed E-state index contributed by atoms with van der Waals surface area (Å²) in [6.45, 7) is -2.24. The van der Waals surface area contributed by atoms with Gasteiger partial charge < -0.3 is 53.4 Å². The van der Waals surface area contributed by atoms with Crippen molar-refractivity contribution in [1.29, 1.82) is 0 Å². The number of ether oxygens (including phenoxy) is 9. The van der Waals surface area contributed by atoms with Crippen molar-refractivity contribution < 1.29 is 189 Å². The zero-order valence-corrected chi connectivity index (χ0v) is 48.0. The first kappa shape index (κ1) is 73.8. The summed E-state index contributed by atoms with van der Waals surface area (Å²) in [6.07, 6.45) is -32.0. The summed E-state index contributed by atoms with van der Waals surface area (Å²) in [5.41, 5.74) is 0. The molecule has 462 valence electrons. The number of phosphoric ester groups is 6. The van der Waals surface area contributed by atoms with E-state index in [2.05, 4.69) is 13.6 Å². The van der Waals surface area contributed by atoms with E-state index in [1.165, 1.54) is 21.1 Å². The van der Waals surface area contributed by atoms with Crippen molar-refractivity contribution >= 4 is 62.7 Å². The Bertz CT molecular complexity index is 2090. The number of rotatable bonds is 38. The standard InChI is InChI=1S/C29H66O40P8/c1-16(14-53-3)56-10-12-60-18-22(63-71(32,33)34)19(25(65-73(38,39)40)28(68-76(47,48)49)24(18)62-70(5,30)31)58-8-6-55-7-9-59-20-23(64-72(35,36)37)21(61-13-11-57-17(2)15-54-4)27(67-75(44,45)46)29(69-77(50,51)52)26(20)66-74(41,42)43/h16-29,47-49,76H,6-15H2,1-5H3,(H,30,31)(H2,32,33,34)(H2,35,36,37)(H2,38,39,40)(H2,41,42,43)(H2,44,45,46)(H2,50,51,52)/t16-,17-,18-,19-,20-,21-,22-,23+,24+,25-,26-,27+,28-,29+/m1/s1. The molecule has 0 bridgehead atoms. The van der Waals surface area contributed by atoms with Crippen LogP contribution in [-0.4, -0.2) is 251 Å². The van der Waals surface area contributed by atoms with Crippen LogP contribution in [0.4, 0.5) is 0 Å². The van der Waals surface area contributed by atoms with E-state index in [1.54, 1.807) is 6.92 Å². The predicted molar refractivity (Wildman–Crippen MR) is 246 cm³/mol. The van der Waals surface area contributed by atoms with Crippen molar-refractivity contribution in [3.8, 4) is 0 Å². The van der Waals surface area contributed by atoms with Gasteiger partial charge in [-0.05, 0) is 6.92 Å². The fourth-order valence-corrected chi connectivity index (χ4v) is 12.0. The molecule has 16 N–H and O–H groups in total. The molecular formula is C29H66O40P8. The van der Waals surface area contributed by atoms with Gasteiger partial charge in [0.15, 0.2) is 0 Å². The van der Waals surface area contributed by atoms with E-state index >= 15 is 0 Å². The zero-order chi connectivity index (χ0) is 59.2. The van der Waals surface area contributed by atoms with Crippen LogP contribution in [0.3, 0.4) is 0 Å². The molecule has 2 aliphatic rings. The molecule has 0 heterocycles. The minimum absolute atomic E-state index is 0.00253. The Morgan fingerprint density at radius 1 is 0.364 bits per heavy atom. The first-order chi connectivity index (χ1) is 34.9. The fraction of sp³-hybridized carbons (Fsp3) is 1.00. The largest absolute Gasteiger partial charge is 0.470 e. The van der Waals surface area contributed by atoms with Crippen LogP contribution in [0.25, 0.3) is 0 Å². The number of phosphoric acid groups is 6. The predicted octanol–water partition coefficient (Wildman–Crippen LogP) is -3.49. The third-order valence-electron chi connectivity index (χ3n) is 9.52. The van der Waals surface area contributed by atoms with Crippen molar-refractivity contribution in [3.63, 3.8) is 0 Å². The van der Waals surface area contributed by atoms with Crippen molar-refractivity contribution in [3.05, 3.63) is 0 Å². The summed E-state index contributed by atoms with van der Waals surface area (Å²) in [5.74, 6) is 0. The first-order valence-electron chi connectivity index (χ1n) is 21.5. The minimum atomic E-state index is -6.00. The van der Waals surface area contributed by atoms with Crippen LogP contribution < -0.4 is 0 Å². The van der Waals surface area contributed by atoms with Gasteiger partial charge in [0.25, 0.3) is 0 Å². The van der Waals surface area contributed by atoms with E-state index in [0.717, 1.165) is 0 Å². The Labute approximate surface area is 437 Å². The Morgan fingerprint density at radius 2 is 0.597 bits per heavy atom. The van der Waals surface area contributed by atoms with E-state index in [-0.39, 0.29) is 13.2 Å². The van der Waals surface area contributed by atoms with Gasteiger partial charge >= 0.3 is 278 Å². The molecule has 2 fully saturated rings. The van der Waals surface area contributed by atoms with Gasteiger partial charge in [-0.2, -0.15) is 0 Å². The van der Waals surface area contributed by atoms with E-state index in [1.807, 2.05) is 0 Å². The molecule has 48 heteroatoms. The Hall–Kier alpha value is 0.720. The SMILES string of the molecule is COC[C@@H](C)OCCO[C@@H]1[C@@H](OP(=O)(O)O)[C@@H](OCCOCCO[C@@H]2[C@H](OP(=O)(O)O)[C@@H](OCCO[C@H](C)COC)[C@H](OP(C)(=O)O)[C@@H](O[PH](O)(O)O)[C@@H]2OP(=O)(O)O)[C@@H](OP(=O)(O)O)[C@H](OP(=O)(O)O)[C@H]1OP(=O)(O)O. The molecule has 40 nitrogen and oxygen atoms in total. The van der Waals surface area contributed by atoms with E-state index in [4.69, 9.17) is 65.3 Å². The summed E-state index contributed by atoms with van der Waals surface area (Å²) in [7, 11) is -43.9. The monoisotopic (exact) mass is 1300 g/mol. The smallest absolute Gasteiger partial charge is 0.303 e. The second kappa shape index (κ2) is 31.7. The summed E-state index contributed by atoms with van der Waals surface area (Å²) < 4.78 is 174. The molecule has 0 spiro atoms. The summed E-state index contributed by atoms with van der Waals surface area (Å²) in [4.78, 5) is 159. The molecule has 77 heavy (non-hydrogen) atoms. The van der Waals surface area contributed by atoms with Gasteiger partial charge in [0.05, 0.1) is 25.9 Å². The summed E-state index contributed by atoms with van der Waals surface area (Å²) in [6, 6.07) is 0. The van der Waals surface area contributed by atoms with Crippen molar-refractivity contribution in [2.75, 3.05) is 87.0 Å². The van der Waals surface area contributed by atoms with Crippen molar-refractivity contribution in [2.24, 2.45) is 0 Å². The van der Waals surface area contributed by atoms with Gasteiger partial charge in [0.1, 0.15) is 30.5 Å². The molecule has 1 unspecified atom stereocenters. The van der Waals surface area contributed by atoms with Gasteiger partial charge in [-0.1, -0.05) is 0 Å². The molecule has 2 aliphatic carbocycles. The van der Waals surface area contributed by atoms with Crippen LogP contribution in [0, 0.1) is 0 Å². The molecule has 2 rings (SSSR count). The third-order valence-corrected chi connectivity index (χ3v) is 13.9. The Morgan fingerprint density at radius 3 is 0.844 bits per heavy atom. The van der Waals surface area contributed by atoms with E-state index in [0.29, 0.717) is 6.66 Å². The Kier molecular flexibility index (Phi) is 30.4. The second-order valence-corrected chi connectivity index (χ2v) is 26.5. The molecule has 0 amide bonds. The molecule has 0 aromatic carbocycles. The molecule has 2 saturated carbocycles. The molecule has 0 radical (unpaired) electrons. The van der Waals surface area contributed by atoms with Crippen LogP contribution in [0.15, 0.2) is 0 Å². The average Bonchev–Trinajstić information content (AvgIpc) is 3.20. The molecule has 15 atom stereocenters. The summed E-state index contributed by atoms with van der Waals surface area (Å²) >= 11 is 0. The second-order valence-electron chi connectivity index (χ2n) is 16.1. The van der Waals surface area contributed by atoms with Gasteiger partial charge in [-0.15, -0.1) is 0 Å². The maximum Gasteiger partial charge on any atom is 0.470 e. The maximum atomic E-state index is 12.7. The number of hydrogen-bond donors (Lipinski definition) is 16. The Balaban J connectivity index is 2.64. The maximum absolute atomic E-state index is 12.7. The van der Waals surface area contributed by atoms with Crippen molar-refractivity contribution in [2.45, 2.75) is 99.3 Å². The van der Waals surface area contributed by atoms with Gasteiger partial charge in [0, 0.05) is 7.11 Å². The average molecular weight is 1300 g/mol. The van der Waals surface area contributed by atoms with Gasteiger partial charge in [-0.3, -0.25) is 18.1 Å². The first-order valence-corrected chi connectivity index (χ1v) is 34.4. The van der Waals surface area contributed by atoms with Crippen LogP contribution in [0.2, 0.25) is 0 Å². The van der Waals surface area contributed by atoms with Gasteiger partial charge in [0.2, 0.25) is 0 Å². The van der Waals surface area contributed by atoms with Crippen LogP contribution >= 0.6 is 62.7 Å². The molecule has 0 saturated heterocycles. The zero-order valence-electron chi connectivity index (χ0n) is 40.7. The quantitative estimate of drug-likeness (QED) is 0.0211. The molecule has 0 aromatic rings. The van der Waals surface area contributed by atoms with Crippen LogP contribution in [-0.2, 0) is 111 Å². The summed E-state index contributed by atoms with van der Waals surface area (Å²) in [5, 5.41) is 0. The molecular weight excluding hydrogens is 1240 g/mol. The van der Waals surface area contributed by atoms with Crippen molar-refractivity contribution in [1.82, 2.24) is 0 Å².